The van der Waals surface area contributed by atoms with Crippen molar-refractivity contribution in [2.75, 3.05) is 0 Å². The molecule has 0 bridgehead atoms. The number of allylic oxidation sites excluding steroid dienone is 1. The van der Waals surface area contributed by atoms with Crippen molar-refractivity contribution in [1.29, 1.82) is 0 Å². The van der Waals surface area contributed by atoms with E-state index in [1.54, 1.807) is 0 Å². The van der Waals surface area contributed by atoms with Crippen LogP contribution in [0.4, 0.5) is 0 Å². The summed E-state index contributed by atoms with van der Waals surface area (Å²) in [5.74, 6) is 0. The Labute approximate surface area is 100 Å². The Morgan fingerprint density at radius 2 is 1.81 bits per heavy atom. The Morgan fingerprint density at radius 1 is 1.19 bits per heavy atom. The minimum absolute atomic E-state index is 0.295. The lowest BCUT2D eigenvalue weighted by Crippen LogP contribution is -2.14. The van der Waals surface area contributed by atoms with E-state index in [2.05, 4.69) is 57.7 Å². The van der Waals surface area contributed by atoms with Gasteiger partial charge in [0.1, 0.15) is 0 Å². The van der Waals surface area contributed by atoms with Crippen LogP contribution in [-0.4, -0.2) is 0 Å². The molecule has 0 nitrogen and oxygen atoms in total. The van der Waals surface area contributed by atoms with Crippen LogP contribution in [0, 0.1) is 5.41 Å². The van der Waals surface area contributed by atoms with Gasteiger partial charge in [0.15, 0.2) is 0 Å². The van der Waals surface area contributed by atoms with E-state index in [0.717, 1.165) is 12.8 Å². The number of benzene rings is 1. The third-order valence-corrected chi connectivity index (χ3v) is 3.39. The first-order valence-electron chi connectivity index (χ1n) is 6.28. The topological polar surface area (TPSA) is 0 Å². The summed E-state index contributed by atoms with van der Waals surface area (Å²) in [6.45, 7) is 11.1. The molecule has 0 aliphatic heterocycles. The number of hydrogen-bond acceptors (Lipinski definition) is 0. The lowest BCUT2D eigenvalue weighted by atomic mass is 9.79. The van der Waals surface area contributed by atoms with Gasteiger partial charge in [-0.25, -0.2) is 0 Å². The molecule has 0 aliphatic carbocycles. The fraction of sp³-hybridized carbons (Fsp3) is 0.500. The largest absolute Gasteiger partial charge is 0.0993 e. The van der Waals surface area contributed by atoms with E-state index in [4.69, 9.17) is 0 Å². The van der Waals surface area contributed by atoms with Gasteiger partial charge in [0.25, 0.3) is 0 Å². The second-order valence-electron chi connectivity index (χ2n) is 5.22. The molecular formula is C16H24. The van der Waals surface area contributed by atoms with E-state index >= 15 is 0 Å². The van der Waals surface area contributed by atoms with Crippen molar-refractivity contribution in [3.8, 4) is 0 Å². The fourth-order valence-corrected chi connectivity index (χ4v) is 2.08. The van der Waals surface area contributed by atoms with Crippen LogP contribution in [0.5, 0.6) is 0 Å². The molecule has 1 aromatic rings. The average molecular weight is 216 g/mol. The van der Waals surface area contributed by atoms with Gasteiger partial charge in [-0.3, -0.25) is 0 Å². The molecule has 0 unspecified atom stereocenters. The van der Waals surface area contributed by atoms with Crippen LogP contribution in [0.1, 0.15) is 45.6 Å². The molecule has 0 heterocycles. The predicted molar refractivity (Wildman–Crippen MR) is 72.6 cm³/mol. The smallest absolute Gasteiger partial charge is 0.0147 e. The molecule has 16 heavy (non-hydrogen) atoms. The zero-order chi connectivity index (χ0) is 12.0. The van der Waals surface area contributed by atoms with Gasteiger partial charge in [-0.1, -0.05) is 69.7 Å². The van der Waals surface area contributed by atoms with Gasteiger partial charge in [-0.05, 0) is 30.2 Å². The standard InChI is InChI=1S/C16H24/c1-5-13-16(3,4)14(2)11-12-15-9-7-6-8-10-15/h6-10H,2,5,11-13H2,1,3-4H3. The summed E-state index contributed by atoms with van der Waals surface area (Å²) in [6.07, 6.45) is 4.70. The summed E-state index contributed by atoms with van der Waals surface area (Å²) >= 11 is 0. The van der Waals surface area contributed by atoms with Gasteiger partial charge in [0.2, 0.25) is 0 Å². The van der Waals surface area contributed by atoms with E-state index in [0.29, 0.717) is 5.41 Å². The van der Waals surface area contributed by atoms with Gasteiger partial charge in [0.05, 0.1) is 0 Å². The monoisotopic (exact) mass is 216 g/mol. The second kappa shape index (κ2) is 5.89. The Balaban J connectivity index is 2.47. The lowest BCUT2D eigenvalue weighted by molar-refractivity contribution is 0.391. The number of rotatable bonds is 6. The average Bonchev–Trinajstić information content (AvgIpc) is 2.27. The fourth-order valence-electron chi connectivity index (χ4n) is 2.08. The molecule has 0 aliphatic rings. The van der Waals surface area contributed by atoms with Crippen LogP contribution in [0.3, 0.4) is 0 Å². The van der Waals surface area contributed by atoms with E-state index in [-0.39, 0.29) is 0 Å². The van der Waals surface area contributed by atoms with Crippen LogP contribution < -0.4 is 0 Å². The van der Waals surface area contributed by atoms with Gasteiger partial charge in [0, 0.05) is 0 Å². The zero-order valence-electron chi connectivity index (χ0n) is 10.9. The molecule has 0 N–H and O–H groups in total. The quantitative estimate of drug-likeness (QED) is 0.587. The highest BCUT2D eigenvalue weighted by Gasteiger charge is 2.19. The molecule has 0 aromatic heterocycles. The summed E-state index contributed by atoms with van der Waals surface area (Å²) in [6, 6.07) is 10.7. The number of aryl methyl sites for hydroxylation is 1. The van der Waals surface area contributed by atoms with Crippen molar-refractivity contribution in [3.63, 3.8) is 0 Å². The highest BCUT2D eigenvalue weighted by atomic mass is 14.2. The summed E-state index contributed by atoms with van der Waals surface area (Å²) in [5, 5.41) is 0. The molecular weight excluding hydrogens is 192 g/mol. The lowest BCUT2D eigenvalue weighted by Gasteiger charge is -2.27. The van der Waals surface area contributed by atoms with Crippen LogP contribution in [0.25, 0.3) is 0 Å². The summed E-state index contributed by atoms with van der Waals surface area (Å²) in [4.78, 5) is 0. The third-order valence-electron chi connectivity index (χ3n) is 3.39. The molecule has 0 saturated carbocycles. The first-order valence-corrected chi connectivity index (χ1v) is 6.28. The van der Waals surface area contributed by atoms with Crippen molar-refractivity contribution < 1.29 is 0 Å². The maximum atomic E-state index is 4.26. The van der Waals surface area contributed by atoms with Crippen LogP contribution in [0.2, 0.25) is 0 Å². The van der Waals surface area contributed by atoms with Crippen molar-refractivity contribution in [2.24, 2.45) is 5.41 Å². The summed E-state index contributed by atoms with van der Waals surface area (Å²) < 4.78 is 0. The molecule has 0 amide bonds. The summed E-state index contributed by atoms with van der Waals surface area (Å²) in [7, 11) is 0. The van der Waals surface area contributed by atoms with Crippen LogP contribution in [0.15, 0.2) is 42.5 Å². The van der Waals surface area contributed by atoms with Gasteiger partial charge < -0.3 is 0 Å². The number of hydrogen-bond donors (Lipinski definition) is 0. The van der Waals surface area contributed by atoms with Gasteiger partial charge in [-0.15, -0.1) is 0 Å². The summed E-state index contributed by atoms with van der Waals surface area (Å²) in [5.41, 5.74) is 3.10. The highest BCUT2D eigenvalue weighted by molar-refractivity contribution is 5.17. The van der Waals surface area contributed by atoms with Crippen LogP contribution in [-0.2, 0) is 6.42 Å². The van der Waals surface area contributed by atoms with Gasteiger partial charge in [-0.2, -0.15) is 0 Å². The highest BCUT2D eigenvalue weighted by Crippen LogP contribution is 2.33. The van der Waals surface area contributed by atoms with Crippen molar-refractivity contribution in [2.45, 2.75) is 46.5 Å². The van der Waals surface area contributed by atoms with Crippen molar-refractivity contribution in [1.82, 2.24) is 0 Å². The van der Waals surface area contributed by atoms with E-state index in [9.17, 15) is 0 Å². The first kappa shape index (κ1) is 13.0. The Kier molecular flexibility index (Phi) is 4.79. The maximum absolute atomic E-state index is 4.26. The molecule has 0 radical (unpaired) electrons. The van der Waals surface area contributed by atoms with E-state index in [1.165, 1.54) is 24.0 Å². The molecule has 0 heteroatoms. The van der Waals surface area contributed by atoms with Crippen molar-refractivity contribution in [3.05, 3.63) is 48.0 Å². The third kappa shape index (κ3) is 3.84. The van der Waals surface area contributed by atoms with E-state index < -0.39 is 0 Å². The molecule has 0 atom stereocenters. The van der Waals surface area contributed by atoms with Crippen molar-refractivity contribution >= 4 is 0 Å². The first-order chi connectivity index (χ1) is 7.56. The molecule has 0 spiro atoms. The minimum atomic E-state index is 0.295. The van der Waals surface area contributed by atoms with Crippen LogP contribution >= 0.6 is 0 Å². The molecule has 1 aromatic carbocycles. The zero-order valence-corrected chi connectivity index (χ0v) is 10.9. The molecule has 88 valence electrons. The maximum Gasteiger partial charge on any atom is -0.0147 e. The molecule has 0 fully saturated rings. The Hall–Kier alpha value is -1.04. The SMILES string of the molecule is C=C(CCc1ccccc1)C(C)(C)CCC. The normalized spacial score (nSPS) is 11.4. The predicted octanol–water partition coefficient (Wildman–Crippen LogP) is 5.00. The molecule has 0 saturated heterocycles. The minimum Gasteiger partial charge on any atom is -0.0993 e. The molecule has 1 rings (SSSR count). The van der Waals surface area contributed by atoms with E-state index in [1.807, 2.05) is 0 Å². The van der Waals surface area contributed by atoms with Gasteiger partial charge >= 0.3 is 0 Å². The Bertz CT molecular complexity index is 319. The second-order valence-corrected chi connectivity index (χ2v) is 5.22. The Morgan fingerprint density at radius 3 is 2.38 bits per heavy atom.